The first kappa shape index (κ1) is 18.8. The molecule has 0 bridgehead atoms. The van der Waals surface area contributed by atoms with Gasteiger partial charge in [0.05, 0.1) is 12.2 Å². The van der Waals surface area contributed by atoms with Crippen molar-refractivity contribution in [3.8, 4) is 0 Å². The van der Waals surface area contributed by atoms with E-state index in [0.29, 0.717) is 6.42 Å². The first-order chi connectivity index (χ1) is 10.7. The molecule has 0 aromatic heterocycles. The molecule has 2 aliphatic rings. The van der Waals surface area contributed by atoms with Crippen LogP contribution in [0, 0.1) is 5.92 Å². The Labute approximate surface area is 136 Å². The number of ether oxygens (including phenoxy) is 2. The standard InChI is InChI=1S/C16H28O7/c1-8(2)16(21)5-4-9(3)6-11(16)23-15-14(20)13(19)12(18)10(7-17)22-15/h6,8,10-15,17-21H,4-5,7H2,1-3H3/t10-,11-,12-,13+,14-,15+,16-/m1/s1. The van der Waals surface area contributed by atoms with Gasteiger partial charge in [-0.05, 0) is 25.7 Å². The number of hydrogen-bond acceptors (Lipinski definition) is 7. The Bertz CT molecular complexity index is 436. The van der Waals surface area contributed by atoms with Crippen LogP contribution in [0.2, 0.25) is 0 Å². The van der Waals surface area contributed by atoms with Gasteiger partial charge < -0.3 is 35.0 Å². The molecule has 0 saturated carbocycles. The lowest BCUT2D eigenvalue weighted by Crippen LogP contribution is -2.61. The van der Waals surface area contributed by atoms with E-state index >= 15 is 0 Å². The average molecular weight is 332 g/mol. The van der Waals surface area contributed by atoms with Crippen molar-refractivity contribution in [1.29, 1.82) is 0 Å². The van der Waals surface area contributed by atoms with Crippen molar-refractivity contribution >= 4 is 0 Å². The van der Waals surface area contributed by atoms with E-state index in [0.717, 1.165) is 12.0 Å². The molecule has 1 aliphatic carbocycles. The number of rotatable bonds is 4. The van der Waals surface area contributed by atoms with Gasteiger partial charge in [0.15, 0.2) is 6.29 Å². The van der Waals surface area contributed by atoms with Crippen molar-refractivity contribution in [3.63, 3.8) is 0 Å². The van der Waals surface area contributed by atoms with Gasteiger partial charge in [-0.1, -0.05) is 25.5 Å². The molecule has 1 saturated heterocycles. The molecule has 0 radical (unpaired) electrons. The summed E-state index contributed by atoms with van der Waals surface area (Å²) in [6.07, 6.45) is -4.31. The van der Waals surface area contributed by atoms with Crippen molar-refractivity contribution in [2.45, 2.75) is 76.0 Å². The molecular formula is C16H28O7. The quantitative estimate of drug-likeness (QED) is 0.432. The van der Waals surface area contributed by atoms with Gasteiger partial charge in [0.2, 0.25) is 0 Å². The zero-order chi connectivity index (χ0) is 17.4. The van der Waals surface area contributed by atoms with E-state index in [1.807, 2.05) is 20.8 Å². The molecule has 0 amide bonds. The Kier molecular flexibility index (Phi) is 5.84. The Morgan fingerprint density at radius 2 is 1.91 bits per heavy atom. The van der Waals surface area contributed by atoms with E-state index in [9.17, 15) is 25.5 Å². The summed E-state index contributed by atoms with van der Waals surface area (Å²) < 4.78 is 11.1. The van der Waals surface area contributed by atoms with Crippen molar-refractivity contribution in [1.82, 2.24) is 0 Å². The summed E-state index contributed by atoms with van der Waals surface area (Å²) in [5.74, 6) is -0.0817. The summed E-state index contributed by atoms with van der Waals surface area (Å²) in [4.78, 5) is 0. The molecule has 0 unspecified atom stereocenters. The lowest BCUT2D eigenvalue weighted by atomic mass is 9.76. The number of hydrogen-bond donors (Lipinski definition) is 5. The highest BCUT2D eigenvalue weighted by molar-refractivity contribution is 5.15. The van der Waals surface area contributed by atoms with Crippen LogP contribution in [0.1, 0.15) is 33.6 Å². The summed E-state index contributed by atoms with van der Waals surface area (Å²) in [5, 5.41) is 49.9. The van der Waals surface area contributed by atoms with E-state index in [4.69, 9.17) is 9.47 Å². The maximum atomic E-state index is 10.9. The van der Waals surface area contributed by atoms with E-state index in [-0.39, 0.29) is 5.92 Å². The maximum Gasteiger partial charge on any atom is 0.187 e. The van der Waals surface area contributed by atoms with Gasteiger partial charge in [0, 0.05) is 0 Å². The Hall–Kier alpha value is -0.540. The first-order valence-corrected chi connectivity index (χ1v) is 8.06. The molecule has 7 atom stereocenters. The molecule has 1 aliphatic heterocycles. The summed E-state index contributed by atoms with van der Waals surface area (Å²) in [5.41, 5.74) is -0.0527. The minimum Gasteiger partial charge on any atom is -0.394 e. The smallest absolute Gasteiger partial charge is 0.187 e. The second-order valence-electron chi connectivity index (χ2n) is 6.91. The number of allylic oxidation sites excluding steroid dienone is 1. The fraction of sp³-hybridized carbons (Fsp3) is 0.875. The van der Waals surface area contributed by atoms with E-state index < -0.39 is 49.0 Å². The monoisotopic (exact) mass is 332 g/mol. The van der Waals surface area contributed by atoms with Crippen LogP contribution in [0.5, 0.6) is 0 Å². The lowest BCUT2D eigenvalue weighted by molar-refractivity contribution is -0.321. The zero-order valence-electron chi connectivity index (χ0n) is 13.8. The van der Waals surface area contributed by atoms with Crippen LogP contribution in [-0.4, -0.2) is 74.6 Å². The van der Waals surface area contributed by atoms with Crippen LogP contribution in [0.25, 0.3) is 0 Å². The molecule has 23 heavy (non-hydrogen) atoms. The summed E-state index contributed by atoms with van der Waals surface area (Å²) in [6, 6.07) is 0. The largest absolute Gasteiger partial charge is 0.394 e. The predicted octanol–water partition coefficient (Wildman–Crippen LogP) is -0.701. The van der Waals surface area contributed by atoms with Gasteiger partial charge in [-0.15, -0.1) is 0 Å². The normalized spacial score (nSPS) is 45.2. The van der Waals surface area contributed by atoms with Crippen molar-refractivity contribution in [2.24, 2.45) is 5.92 Å². The van der Waals surface area contributed by atoms with E-state index in [1.54, 1.807) is 6.08 Å². The second kappa shape index (κ2) is 7.14. The van der Waals surface area contributed by atoms with Crippen LogP contribution in [0.15, 0.2) is 11.6 Å². The summed E-state index contributed by atoms with van der Waals surface area (Å²) in [7, 11) is 0. The first-order valence-electron chi connectivity index (χ1n) is 8.06. The van der Waals surface area contributed by atoms with Gasteiger partial charge in [0.25, 0.3) is 0 Å². The molecule has 0 aromatic rings. The Morgan fingerprint density at radius 1 is 1.26 bits per heavy atom. The van der Waals surface area contributed by atoms with Gasteiger partial charge in [-0.25, -0.2) is 0 Å². The van der Waals surface area contributed by atoms with Gasteiger partial charge in [-0.2, -0.15) is 0 Å². The highest BCUT2D eigenvalue weighted by Gasteiger charge is 2.48. The van der Waals surface area contributed by atoms with Crippen LogP contribution in [0.3, 0.4) is 0 Å². The second-order valence-corrected chi connectivity index (χ2v) is 6.91. The van der Waals surface area contributed by atoms with Crippen molar-refractivity contribution in [3.05, 3.63) is 11.6 Å². The van der Waals surface area contributed by atoms with Gasteiger partial charge in [-0.3, -0.25) is 0 Å². The molecule has 2 rings (SSSR count). The highest BCUT2D eigenvalue weighted by Crippen LogP contribution is 2.37. The Morgan fingerprint density at radius 3 is 2.48 bits per heavy atom. The van der Waals surface area contributed by atoms with Crippen molar-refractivity contribution in [2.75, 3.05) is 6.61 Å². The highest BCUT2D eigenvalue weighted by atomic mass is 16.7. The van der Waals surface area contributed by atoms with Gasteiger partial charge in [0.1, 0.15) is 30.5 Å². The lowest BCUT2D eigenvalue weighted by Gasteiger charge is -2.46. The molecule has 1 heterocycles. The third-order valence-corrected chi connectivity index (χ3v) is 4.98. The van der Waals surface area contributed by atoms with Crippen LogP contribution in [-0.2, 0) is 9.47 Å². The minimum absolute atomic E-state index is 0.0817. The third kappa shape index (κ3) is 3.61. The fourth-order valence-corrected chi connectivity index (χ4v) is 3.12. The molecule has 5 N–H and O–H groups in total. The summed E-state index contributed by atoms with van der Waals surface area (Å²) in [6.45, 7) is 5.19. The number of aliphatic hydroxyl groups excluding tert-OH is 4. The van der Waals surface area contributed by atoms with Crippen LogP contribution in [0.4, 0.5) is 0 Å². The predicted molar refractivity (Wildman–Crippen MR) is 81.4 cm³/mol. The fourth-order valence-electron chi connectivity index (χ4n) is 3.12. The third-order valence-electron chi connectivity index (χ3n) is 4.98. The molecule has 7 nitrogen and oxygen atoms in total. The van der Waals surface area contributed by atoms with Crippen LogP contribution < -0.4 is 0 Å². The zero-order valence-corrected chi connectivity index (χ0v) is 13.8. The molecule has 1 fully saturated rings. The van der Waals surface area contributed by atoms with Crippen LogP contribution >= 0.6 is 0 Å². The maximum absolute atomic E-state index is 10.9. The molecule has 7 heteroatoms. The SMILES string of the molecule is CC1=C[C@@H](O[C@@H]2O[C@H](CO)[C@@H](O)[C@H](O)[C@H]2O)[C@](O)(C(C)C)CC1. The molecule has 134 valence electrons. The molecule has 0 aromatic carbocycles. The topological polar surface area (TPSA) is 120 Å². The van der Waals surface area contributed by atoms with E-state index in [1.165, 1.54) is 0 Å². The van der Waals surface area contributed by atoms with Crippen molar-refractivity contribution < 1.29 is 35.0 Å². The average Bonchev–Trinajstić information content (AvgIpc) is 2.51. The number of aliphatic hydroxyl groups is 5. The summed E-state index contributed by atoms with van der Waals surface area (Å²) >= 11 is 0. The minimum atomic E-state index is -1.49. The van der Waals surface area contributed by atoms with E-state index in [2.05, 4.69) is 0 Å². The molecular weight excluding hydrogens is 304 g/mol. The Balaban J connectivity index is 2.19. The molecule has 0 spiro atoms. The van der Waals surface area contributed by atoms with Gasteiger partial charge >= 0.3 is 0 Å².